The molecule has 0 radical (unpaired) electrons. The summed E-state index contributed by atoms with van der Waals surface area (Å²) in [6.45, 7) is 1.94. The summed E-state index contributed by atoms with van der Waals surface area (Å²) in [4.78, 5) is 23.9. The predicted octanol–water partition coefficient (Wildman–Crippen LogP) is 1.91. The Bertz CT molecular complexity index is 733. The van der Waals surface area contributed by atoms with Gasteiger partial charge in [-0.15, -0.1) is 0 Å². The zero-order chi connectivity index (χ0) is 14.8. The number of benzene rings is 1. The molecule has 2 heterocycles. The van der Waals surface area contributed by atoms with Gasteiger partial charge in [-0.3, -0.25) is 4.79 Å². The molecule has 2 aromatic rings. The molecule has 1 atom stereocenters. The third kappa shape index (κ3) is 2.71. The quantitative estimate of drug-likeness (QED) is 0.877. The van der Waals surface area contributed by atoms with Crippen LogP contribution in [0.1, 0.15) is 11.3 Å². The fourth-order valence-corrected chi connectivity index (χ4v) is 2.05. The second-order valence-corrected chi connectivity index (χ2v) is 4.91. The van der Waals surface area contributed by atoms with E-state index in [1.54, 1.807) is 6.07 Å². The molecule has 0 bridgehead atoms. The molecule has 1 N–H and O–H groups in total. The Morgan fingerprint density at radius 2 is 2.10 bits per heavy atom. The largest absolute Gasteiger partial charge is 0.361 e. The highest BCUT2D eigenvalue weighted by Gasteiger charge is 2.21. The Morgan fingerprint density at radius 1 is 1.29 bits per heavy atom. The van der Waals surface area contributed by atoms with Gasteiger partial charge in [-0.05, 0) is 24.6 Å². The van der Waals surface area contributed by atoms with E-state index >= 15 is 0 Å². The summed E-state index contributed by atoms with van der Waals surface area (Å²) in [5.41, 5.74) is 3.13. The summed E-state index contributed by atoms with van der Waals surface area (Å²) >= 11 is 6.13. The first-order valence-electron chi connectivity index (χ1n) is 6.22. The van der Waals surface area contributed by atoms with E-state index in [2.05, 4.69) is 20.4 Å². The van der Waals surface area contributed by atoms with Gasteiger partial charge in [0.1, 0.15) is 12.0 Å². The molecule has 6 nitrogen and oxygen atoms in total. The van der Waals surface area contributed by atoms with Gasteiger partial charge in [-0.2, -0.15) is 0 Å². The SMILES string of the molecule is Cc1ccc(-c2cc(C3=NOC(C=O)N3)ncn2)cc1Cl. The predicted molar refractivity (Wildman–Crippen MR) is 77.8 cm³/mol. The number of hydrogen-bond acceptors (Lipinski definition) is 6. The molecule has 0 saturated carbocycles. The van der Waals surface area contributed by atoms with Gasteiger partial charge in [0, 0.05) is 10.6 Å². The molecular formula is C14H11ClN4O2. The molecule has 106 valence electrons. The van der Waals surface area contributed by atoms with E-state index in [0.29, 0.717) is 28.5 Å². The molecule has 1 aliphatic heterocycles. The maximum atomic E-state index is 10.6. The summed E-state index contributed by atoms with van der Waals surface area (Å²) in [6.07, 6.45) is 1.28. The van der Waals surface area contributed by atoms with Crippen LogP contribution in [0.15, 0.2) is 35.7 Å². The molecular weight excluding hydrogens is 292 g/mol. The second kappa shape index (κ2) is 5.49. The number of nitrogens with zero attached hydrogens (tertiary/aromatic N) is 3. The average Bonchev–Trinajstić information content (AvgIpc) is 2.99. The molecule has 0 saturated heterocycles. The maximum Gasteiger partial charge on any atom is 0.254 e. The lowest BCUT2D eigenvalue weighted by Crippen LogP contribution is -2.31. The van der Waals surface area contributed by atoms with Crippen LogP contribution in [0, 0.1) is 6.92 Å². The Morgan fingerprint density at radius 3 is 2.81 bits per heavy atom. The van der Waals surface area contributed by atoms with E-state index in [1.165, 1.54) is 6.33 Å². The van der Waals surface area contributed by atoms with Crippen LogP contribution in [0.4, 0.5) is 0 Å². The number of carbonyl (C=O) groups excluding carboxylic acids is 1. The van der Waals surface area contributed by atoms with Gasteiger partial charge in [-0.25, -0.2) is 9.97 Å². The lowest BCUT2D eigenvalue weighted by Gasteiger charge is -2.06. The molecule has 0 fully saturated rings. The van der Waals surface area contributed by atoms with Crippen LogP contribution < -0.4 is 5.32 Å². The van der Waals surface area contributed by atoms with E-state index in [4.69, 9.17) is 16.4 Å². The van der Waals surface area contributed by atoms with Crippen LogP contribution in [-0.2, 0) is 9.63 Å². The number of rotatable bonds is 3. The Kier molecular flexibility index (Phi) is 3.53. The molecule has 7 heteroatoms. The molecule has 0 aliphatic carbocycles. The number of halogens is 1. The van der Waals surface area contributed by atoms with Gasteiger partial charge >= 0.3 is 0 Å². The van der Waals surface area contributed by atoms with Gasteiger partial charge < -0.3 is 10.2 Å². The maximum absolute atomic E-state index is 10.6. The van der Waals surface area contributed by atoms with Crippen LogP contribution in [-0.4, -0.2) is 28.3 Å². The summed E-state index contributed by atoms with van der Waals surface area (Å²) in [5.74, 6) is 0.397. The Labute approximate surface area is 125 Å². The molecule has 1 aromatic heterocycles. The van der Waals surface area contributed by atoms with Crippen LogP contribution in [0.3, 0.4) is 0 Å². The average molecular weight is 303 g/mol. The first-order valence-corrected chi connectivity index (χ1v) is 6.60. The molecule has 1 aliphatic rings. The van der Waals surface area contributed by atoms with Crippen LogP contribution in [0.25, 0.3) is 11.3 Å². The number of amidine groups is 1. The lowest BCUT2D eigenvalue weighted by atomic mass is 10.1. The summed E-state index contributed by atoms with van der Waals surface area (Å²) < 4.78 is 0. The van der Waals surface area contributed by atoms with Crippen molar-refractivity contribution < 1.29 is 9.63 Å². The monoisotopic (exact) mass is 302 g/mol. The van der Waals surface area contributed by atoms with Gasteiger partial charge in [-0.1, -0.05) is 28.9 Å². The minimum atomic E-state index is -0.771. The van der Waals surface area contributed by atoms with Crippen molar-refractivity contribution >= 4 is 23.7 Å². The number of carbonyl (C=O) groups is 1. The van der Waals surface area contributed by atoms with E-state index in [0.717, 1.165) is 11.1 Å². The number of aromatic nitrogens is 2. The number of aldehydes is 1. The van der Waals surface area contributed by atoms with Gasteiger partial charge in [0.05, 0.1) is 5.69 Å². The van der Waals surface area contributed by atoms with Crippen LogP contribution in [0.2, 0.25) is 5.02 Å². The number of oxime groups is 1. The zero-order valence-corrected chi connectivity index (χ0v) is 11.8. The van der Waals surface area contributed by atoms with E-state index in [-0.39, 0.29) is 0 Å². The van der Waals surface area contributed by atoms with Crippen molar-refractivity contribution in [3.63, 3.8) is 0 Å². The Hall–Kier alpha value is -2.47. The molecule has 0 amide bonds. The summed E-state index contributed by atoms with van der Waals surface area (Å²) in [5, 5.41) is 7.26. The van der Waals surface area contributed by atoms with Gasteiger partial charge in [0.25, 0.3) is 6.23 Å². The topological polar surface area (TPSA) is 76.5 Å². The fourth-order valence-electron chi connectivity index (χ4n) is 1.87. The molecule has 1 unspecified atom stereocenters. The van der Waals surface area contributed by atoms with Crippen molar-refractivity contribution in [2.24, 2.45) is 5.16 Å². The summed E-state index contributed by atoms with van der Waals surface area (Å²) in [7, 11) is 0. The van der Waals surface area contributed by atoms with Crippen molar-refractivity contribution in [1.82, 2.24) is 15.3 Å². The zero-order valence-electron chi connectivity index (χ0n) is 11.1. The summed E-state index contributed by atoms with van der Waals surface area (Å²) in [6, 6.07) is 7.46. The Balaban J connectivity index is 1.93. The number of nitrogens with one attached hydrogen (secondary N) is 1. The minimum absolute atomic E-state index is 0.397. The molecule has 1 aromatic carbocycles. The van der Waals surface area contributed by atoms with E-state index < -0.39 is 6.23 Å². The second-order valence-electron chi connectivity index (χ2n) is 4.50. The third-order valence-electron chi connectivity index (χ3n) is 3.04. The van der Waals surface area contributed by atoms with Crippen molar-refractivity contribution in [1.29, 1.82) is 0 Å². The van der Waals surface area contributed by atoms with Crippen molar-refractivity contribution in [2.45, 2.75) is 13.2 Å². The molecule has 21 heavy (non-hydrogen) atoms. The minimum Gasteiger partial charge on any atom is -0.361 e. The fraction of sp³-hybridized carbons (Fsp3) is 0.143. The van der Waals surface area contributed by atoms with Gasteiger partial charge in [0.2, 0.25) is 0 Å². The molecule has 3 rings (SSSR count). The van der Waals surface area contributed by atoms with E-state index in [1.807, 2.05) is 25.1 Å². The van der Waals surface area contributed by atoms with Crippen molar-refractivity contribution in [3.05, 3.63) is 46.9 Å². The highest BCUT2D eigenvalue weighted by molar-refractivity contribution is 6.31. The van der Waals surface area contributed by atoms with Gasteiger partial charge in [0.15, 0.2) is 12.1 Å². The smallest absolute Gasteiger partial charge is 0.254 e. The highest BCUT2D eigenvalue weighted by atomic mass is 35.5. The lowest BCUT2D eigenvalue weighted by molar-refractivity contribution is -0.117. The van der Waals surface area contributed by atoms with Crippen molar-refractivity contribution in [3.8, 4) is 11.3 Å². The standard InChI is InChI=1S/C14H11ClN4O2/c1-8-2-3-9(4-10(8)15)11-5-12(17-7-16-11)14-18-13(6-20)21-19-14/h2-7,13H,1H3,(H,18,19). The third-order valence-corrected chi connectivity index (χ3v) is 3.44. The molecule has 0 spiro atoms. The normalized spacial score (nSPS) is 16.9. The first-order chi connectivity index (χ1) is 10.2. The van der Waals surface area contributed by atoms with E-state index in [9.17, 15) is 4.79 Å². The highest BCUT2D eigenvalue weighted by Crippen LogP contribution is 2.24. The van der Waals surface area contributed by atoms with Crippen LogP contribution >= 0.6 is 11.6 Å². The number of hydrogen-bond donors (Lipinski definition) is 1. The van der Waals surface area contributed by atoms with Crippen LogP contribution in [0.5, 0.6) is 0 Å². The van der Waals surface area contributed by atoms with Crippen molar-refractivity contribution in [2.75, 3.05) is 0 Å². The first kappa shape index (κ1) is 13.5. The number of aryl methyl sites for hydroxylation is 1.